The first-order valence-electron chi connectivity index (χ1n) is 6.27. The number of thiazole rings is 1. The molecule has 0 saturated carbocycles. The number of thioether (sulfide) groups is 1. The van der Waals surface area contributed by atoms with Gasteiger partial charge < -0.3 is 4.42 Å². The van der Waals surface area contributed by atoms with Gasteiger partial charge in [-0.2, -0.15) is 0 Å². The lowest BCUT2D eigenvalue weighted by molar-refractivity contribution is 0.573. The highest BCUT2D eigenvalue weighted by atomic mass is 32.2. The molecule has 3 nitrogen and oxygen atoms in total. The number of nitrogens with zero attached hydrogens (tertiary/aromatic N) is 2. The Bertz CT molecular complexity index is 704. The molecule has 0 aliphatic heterocycles. The van der Waals surface area contributed by atoms with Gasteiger partial charge in [0.1, 0.15) is 10.6 Å². The summed E-state index contributed by atoms with van der Waals surface area (Å²) in [5.74, 6) is 1.46. The molecule has 0 spiro atoms. The maximum absolute atomic E-state index is 5.57. The number of hydrogen-bond donors (Lipinski definition) is 0. The molecule has 0 bridgehead atoms. The van der Waals surface area contributed by atoms with E-state index in [1.807, 2.05) is 17.6 Å². The monoisotopic (exact) mass is 302 g/mol. The molecule has 0 N–H and O–H groups in total. The largest absolute Gasteiger partial charge is 0.444 e. The second-order valence-electron chi connectivity index (χ2n) is 4.53. The molecule has 1 aromatic carbocycles. The Balaban J connectivity index is 1.74. The van der Waals surface area contributed by atoms with Gasteiger partial charge in [0.2, 0.25) is 5.89 Å². The Morgan fingerprint density at radius 3 is 2.90 bits per heavy atom. The first-order chi connectivity index (χ1) is 9.72. The van der Waals surface area contributed by atoms with Crippen LogP contribution in [0, 0.1) is 13.8 Å². The van der Waals surface area contributed by atoms with E-state index in [2.05, 4.69) is 35.9 Å². The normalized spacial score (nSPS) is 10.9. The molecule has 0 atom stereocenters. The van der Waals surface area contributed by atoms with E-state index in [0.717, 1.165) is 21.3 Å². The fourth-order valence-corrected chi connectivity index (χ4v) is 3.31. The van der Waals surface area contributed by atoms with Crippen LogP contribution in [-0.4, -0.2) is 9.97 Å². The van der Waals surface area contributed by atoms with Crippen molar-refractivity contribution >= 4 is 23.1 Å². The van der Waals surface area contributed by atoms with Crippen LogP contribution in [0.2, 0.25) is 0 Å². The Morgan fingerprint density at radius 1 is 1.25 bits per heavy atom. The molecule has 0 aliphatic carbocycles. The maximum Gasteiger partial charge on any atom is 0.226 e. The van der Waals surface area contributed by atoms with Gasteiger partial charge in [0.25, 0.3) is 0 Å². The van der Waals surface area contributed by atoms with Gasteiger partial charge in [0.05, 0.1) is 5.69 Å². The number of oxazole rings is 1. The van der Waals surface area contributed by atoms with Crippen molar-refractivity contribution in [2.45, 2.75) is 23.9 Å². The van der Waals surface area contributed by atoms with Gasteiger partial charge in [0, 0.05) is 22.9 Å². The summed E-state index contributed by atoms with van der Waals surface area (Å²) in [7, 11) is 0. The molecule has 0 unspecified atom stereocenters. The van der Waals surface area contributed by atoms with E-state index in [0.29, 0.717) is 5.89 Å². The Labute approximate surface area is 126 Å². The second-order valence-corrected chi connectivity index (χ2v) is 6.65. The van der Waals surface area contributed by atoms with Crippen molar-refractivity contribution < 1.29 is 4.42 Å². The zero-order valence-electron chi connectivity index (χ0n) is 11.3. The molecule has 2 aromatic heterocycles. The van der Waals surface area contributed by atoms with E-state index in [4.69, 9.17) is 4.42 Å². The van der Waals surface area contributed by atoms with E-state index in [-0.39, 0.29) is 0 Å². The van der Waals surface area contributed by atoms with Crippen LogP contribution in [0.25, 0.3) is 11.5 Å². The Morgan fingerprint density at radius 2 is 2.15 bits per heavy atom. The van der Waals surface area contributed by atoms with Gasteiger partial charge in [-0.3, -0.25) is 0 Å². The third kappa shape index (κ3) is 2.94. The highest BCUT2D eigenvalue weighted by Gasteiger charge is 2.08. The van der Waals surface area contributed by atoms with Crippen LogP contribution in [0.3, 0.4) is 0 Å². The minimum atomic E-state index is 0.683. The minimum Gasteiger partial charge on any atom is -0.444 e. The van der Waals surface area contributed by atoms with Gasteiger partial charge in [-0.05, 0) is 37.1 Å². The maximum atomic E-state index is 5.57. The van der Waals surface area contributed by atoms with Crippen LogP contribution in [0.5, 0.6) is 0 Å². The minimum absolute atomic E-state index is 0.683. The summed E-state index contributed by atoms with van der Waals surface area (Å²) in [5, 5.41) is 1.98. The van der Waals surface area contributed by atoms with Crippen molar-refractivity contribution in [2.75, 3.05) is 0 Å². The van der Waals surface area contributed by atoms with Crippen molar-refractivity contribution in [3.05, 3.63) is 52.9 Å². The van der Waals surface area contributed by atoms with Crippen molar-refractivity contribution in [3.63, 3.8) is 0 Å². The molecule has 0 saturated heterocycles. The smallest absolute Gasteiger partial charge is 0.226 e. The topological polar surface area (TPSA) is 38.9 Å². The standard InChI is InChI=1S/C15H14N2OS2/c1-10-3-4-12(7-11(10)2)14-17-13(8-18-14)9-20-15-16-5-6-19-15/h3-8H,9H2,1-2H3. The van der Waals surface area contributed by atoms with Crippen LogP contribution in [0.1, 0.15) is 16.8 Å². The van der Waals surface area contributed by atoms with E-state index in [9.17, 15) is 0 Å². The summed E-state index contributed by atoms with van der Waals surface area (Å²) < 4.78 is 6.63. The summed E-state index contributed by atoms with van der Waals surface area (Å²) in [6.07, 6.45) is 3.54. The molecule has 3 aromatic rings. The number of aryl methyl sites for hydroxylation is 2. The lowest BCUT2D eigenvalue weighted by Gasteiger charge is -2.01. The van der Waals surface area contributed by atoms with Crippen molar-refractivity contribution in [1.29, 1.82) is 0 Å². The van der Waals surface area contributed by atoms with Gasteiger partial charge in [-0.1, -0.05) is 17.8 Å². The van der Waals surface area contributed by atoms with E-state index in [1.54, 1.807) is 29.4 Å². The molecule has 102 valence electrons. The zero-order chi connectivity index (χ0) is 13.9. The highest BCUT2D eigenvalue weighted by Crippen LogP contribution is 2.26. The average Bonchev–Trinajstić information content (AvgIpc) is 3.10. The molecule has 0 radical (unpaired) electrons. The van der Waals surface area contributed by atoms with Crippen molar-refractivity contribution in [3.8, 4) is 11.5 Å². The summed E-state index contributed by atoms with van der Waals surface area (Å²) in [6.45, 7) is 4.20. The lowest BCUT2D eigenvalue weighted by Crippen LogP contribution is -1.85. The fourth-order valence-electron chi connectivity index (χ4n) is 1.80. The van der Waals surface area contributed by atoms with Gasteiger partial charge in [0.15, 0.2) is 0 Å². The third-order valence-corrected chi connectivity index (χ3v) is 5.06. The number of benzene rings is 1. The van der Waals surface area contributed by atoms with E-state index >= 15 is 0 Å². The zero-order valence-corrected chi connectivity index (χ0v) is 12.9. The summed E-state index contributed by atoms with van der Waals surface area (Å²) >= 11 is 3.32. The summed E-state index contributed by atoms with van der Waals surface area (Å²) in [4.78, 5) is 8.78. The quantitative estimate of drug-likeness (QED) is 0.654. The first kappa shape index (κ1) is 13.4. The SMILES string of the molecule is Cc1ccc(-c2nc(CSc3nccs3)co2)cc1C. The van der Waals surface area contributed by atoms with E-state index < -0.39 is 0 Å². The average molecular weight is 302 g/mol. The first-order valence-corrected chi connectivity index (χ1v) is 8.13. The summed E-state index contributed by atoms with van der Waals surface area (Å²) in [5.41, 5.74) is 4.50. The predicted octanol–water partition coefficient (Wildman–Crippen LogP) is 4.71. The van der Waals surface area contributed by atoms with Crippen molar-refractivity contribution in [1.82, 2.24) is 9.97 Å². The molecular weight excluding hydrogens is 288 g/mol. The van der Waals surface area contributed by atoms with Crippen LogP contribution in [0.4, 0.5) is 0 Å². The number of aromatic nitrogens is 2. The van der Waals surface area contributed by atoms with Gasteiger partial charge >= 0.3 is 0 Å². The van der Waals surface area contributed by atoms with Gasteiger partial charge in [-0.25, -0.2) is 9.97 Å². The highest BCUT2D eigenvalue weighted by molar-refractivity contribution is 8.00. The fraction of sp³-hybridized carbons (Fsp3) is 0.200. The second kappa shape index (κ2) is 5.81. The van der Waals surface area contributed by atoms with Crippen LogP contribution in [-0.2, 0) is 5.75 Å². The van der Waals surface area contributed by atoms with Crippen LogP contribution >= 0.6 is 23.1 Å². The lowest BCUT2D eigenvalue weighted by atomic mass is 10.1. The Hall–Kier alpha value is -1.59. The van der Waals surface area contributed by atoms with Gasteiger partial charge in [-0.15, -0.1) is 11.3 Å². The number of hydrogen-bond acceptors (Lipinski definition) is 5. The molecule has 0 aliphatic rings. The summed E-state index contributed by atoms with van der Waals surface area (Å²) in [6, 6.07) is 6.25. The molecule has 20 heavy (non-hydrogen) atoms. The van der Waals surface area contributed by atoms with Crippen LogP contribution < -0.4 is 0 Å². The predicted molar refractivity (Wildman–Crippen MR) is 83.1 cm³/mol. The molecule has 3 rings (SSSR count). The number of rotatable bonds is 4. The molecule has 2 heterocycles. The molecular formula is C15H14N2OS2. The van der Waals surface area contributed by atoms with E-state index in [1.165, 1.54) is 11.1 Å². The van der Waals surface area contributed by atoms with Crippen molar-refractivity contribution in [2.24, 2.45) is 0 Å². The Kier molecular flexibility index (Phi) is 3.89. The molecule has 0 fully saturated rings. The molecule has 0 amide bonds. The van der Waals surface area contributed by atoms with Crippen LogP contribution in [0.15, 0.2) is 44.8 Å². The third-order valence-electron chi connectivity index (χ3n) is 3.06. The molecule has 5 heteroatoms.